The van der Waals surface area contributed by atoms with Crippen LogP contribution in [-0.4, -0.2) is 39.2 Å². The molecule has 1 amide bonds. The number of rotatable bonds is 4. The first-order chi connectivity index (χ1) is 13.0. The summed E-state index contributed by atoms with van der Waals surface area (Å²) in [4.78, 5) is 36.2. The number of ketones is 1. The minimum atomic E-state index is -0.346. The zero-order valence-corrected chi connectivity index (χ0v) is 16.5. The molecular weight excluding hydrogens is 378 g/mol. The second-order valence-electron chi connectivity index (χ2n) is 6.98. The van der Waals surface area contributed by atoms with Gasteiger partial charge in [-0.1, -0.05) is 12.1 Å². The number of imidazole rings is 1. The molecule has 0 spiro atoms. The summed E-state index contributed by atoms with van der Waals surface area (Å²) < 4.78 is 0. The van der Waals surface area contributed by atoms with Crippen molar-refractivity contribution in [2.24, 2.45) is 5.92 Å². The number of nitrogens with one attached hydrogen (secondary N) is 3. The van der Waals surface area contributed by atoms with Crippen LogP contribution in [0.15, 0.2) is 36.4 Å². The van der Waals surface area contributed by atoms with E-state index in [1.54, 1.807) is 6.92 Å². The molecule has 1 aromatic carbocycles. The normalized spacial score (nSPS) is 18.6. The van der Waals surface area contributed by atoms with Crippen molar-refractivity contribution in [3.63, 3.8) is 0 Å². The summed E-state index contributed by atoms with van der Waals surface area (Å²) in [5.41, 5.74) is 4.01. The maximum atomic E-state index is 12.5. The molecule has 3 N–H and O–H groups in total. The van der Waals surface area contributed by atoms with Crippen molar-refractivity contribution in [3.8, 4) is 11.4 Å². The first-order valence-corrected chi connectivity index (χ1v) is 8.98. The number of aryl methyl sites for hydroxylation is 1. The van der Waals surface area contributed by atoms with Gasteiger partial charge in [0.1, 0.15) is 11.6 Å². The highest BCUT2D eigenvalue weighted by Gasteiger charge is 2.31. The molecule has 1 aliphatic rings. The Morgan fingerprint density at radius 3 is 2.75 bits per heavy atom. The maximum Gasteiger partial charge on any atom is 0.241 e. The Bertz CT molecular complexity index is 1030. The van der Waals surface area contributed by atoms with Gasteiger partial charge in [0.05, 0.1) is 11.6 Å². The number of carbonyl (C=O) groups is 2. The lowest BCUT2D eigenvalue weighted by Crippen LogP contribution is -2.35. The van der Waals surface area contributed by atoms with Crippen molar-refractivity contribution in [1.82, 2.24) is 20.3 Å². The van der Waals surface area contributed by atoms with Gasteiger partial charge in [-0.15, -0.1) is 12.4 Å². The van der Waals surface area contributed by atoms with E-state index in [2.05, 4.69) is 25.6 Å². The molecular formula is C20H22ClN5O2. The van der Waals surface area contributed by atoms with E-state index < -0.39 is 0 Å². The monoisotopic (exact) mass is 399 g/mol. The SMILES string of the molecule is CC(=O)C1CNC(C(=O)Nc2cccc(-c3nc4nc(C)ccc4[nH]3)c2)C1.Cl. The first kappa shape index (κ1) is 20.0. The van der Waals surface area contributed by atoms with E-state index in [4.69, 9.17) is 0 Å². The van der Waals surface area contributed by atoms with Crippen LogP contribution in [0.3, 0.4) is 0 Å². The van der Waals surface area contributed by atoms with Gasteiger partial charge in [-0.2, -0.15) is 0 Å². The van der Waals surface area contributed by atoms with Gasteiger partial charge in [0.25, 0.3) is 0 Å². The summed E-state index contributed by atoms with van der Waals surface area (Å²) in [6.07, 6.45) is 0.537. The van der Waals surface area contributed by atoms with Crippen molar-refractivity contribution in [2.45, 2.75) is 26.3 Å². The molecule has 0 bridgehead atoms. The Morgan fingerprint density at radius 2 is 2.00 bits per heavy atom. The van der Waals surface area contributed by atoms with Gasteiger partial charge in [-0.25, -0.2) is 9.97 Å². The van der Waals surface area contributed by atoms with Gasteiger partial charge in [0, 0.05) is 29.4 Å². The zero-order valence-electron chi connectivity index (χ0n) is 15.7. The van der Waals surface area contributed by atoms with E-state index in [0.717, 1.165) is 16.8 Å². The predicted molar refractivity (Wildman–Crippen MR) is 111 cm³/mol. The van der Waals surface area contributed by atoms with Crippen LogP contribution in [0.1, 0.15) is 19.0 Å². The number of halogens is 1. The minimum Gasteiger partial charge on any atom is -0.337 e. The van der Waals surface area contributed by atoms with E-state index >= 15 is 0 Å². The molecule has 2 aromatic heterocycles. The average Bonchev–Trinajstić information content (AvgIpc) is 3.29. The number of Topliss-reactive ketones (excluding diaryl/α,β-unsaturated/α-hetero) is 1. The Kier molecular flexibility index (Phi) is 5.76. The van der Waals surface area contributed by atoms with Crippen LogP contribution in [0.5, 0.6) is 0 Å². The third-order valence-corrected chi connectivity index (χ3v) is 4.91. The fourth-order valence-electron chi connectivity index (χ4n) is 3.34. The highest BCUT2D eigenvalue weighted by Crippen LogP contribution is 2.23. The Hall–Kier alpha value is -2.77. The third kappa shape index (κ3) is 4.05. The molecule has 0 radical (unpaired) electrons. The molecule has 4 rings (SSSR count). The van der Waals surface area contributed by atoms with Gasteiger partial charge >= 0.3 is 0 Å². The first-order valence-electron chi connectivity index (χ1n) is 8.98. The molecule has 2 atom stereocenters. The van der Waals surface area contributed by atoms with Gasteiger partial charge in [0.15, 0.2) is 5.65 Å². The molecule has 2 unspecified atom stereocenters. The molecule has 28 heavy (non-hydrogen) atoms. The number of hydrogen-bond acceptors (Lipinski definition) is 5. The summed E-state index contributed by atoms with van der Waals surface area (Å²) in [5.74, 6) is 0.611. The molecule has 146 valence electrons. The van der Waals surface area contributed by atoms with Gasteiger partial charge in [-0.3, -0.25) is 9.59 Å². The van der Waals surface area contributed by atoms with Gasteiger partial charge < -0.3 is 15.6 Å². The van der Waals surface area contributed by atoms with E-state index in [0.29, 0.717) is 30.1 Å². The topological polar surface area (TPSA) is 99.8 Å². The number of aromatic amines is 1. The molecule has 3 heterocycles. The van der Waals surface area contributed by atoms with E-state index in [9.17, 15) is 9.59 Å². The number of hydrogen-bond donors (Lipinski definition) is 3. The highest BCUT2D eigenvalue weighted by molar-refractivity contribution is 5.96. The summed E-state index contributed by atoms with van der Waals surface area (Å²) in [6, 6.07) is 11.1. The molecule has 1 fully saturated rings. The van der Waals surface area contributed by atoms with Crippen LogP contribution in [0.4, 0.5) is 5.69 Å². The third-order valence-electron chi connectivity index (χ3n) is 4.91. The van der Waals surface area contributed by atoms with Crippen molar-refractivity contribution in [3.05, 3.63) is 42.1 Å². The minimum absolute atomic E-state index is 0. The van der Waals surface area contributed by atoms with Crippen molar-refractivity contribution < 1.29 is 9.59 Å². The fourth-order valence-corrected chi connectivity index (χ4v) is 3.34. The largest absolute Gasteiger partial charge is 0.337 e. The zero-order chi connectivity index (χ0) is 19.0. The molecule has 0 saturated carbocycles. The smallest absolute Gasteiger partial charge is 0.241 e. The highest BCUT2D eigenvalue weighted by atomic mass is 35.5. The summed E-state index contributed by atoms with van der Waals surface area (Å²) in [7, 11) is 0. The summed E-state index contributed by atoms with van der Waals surface area (Å²) >= 11 is 0. The van der Waals surface area contributed by atoms with E-state index in [1.165, 1.54) is 0 Å². The molecule has 1 aliphatic heterocycles. The van der Waals surface area contributed by atoms with Crippen molar-refractivity contribution in [2.75, 3.05) is 11.9 Å². The van der Waals surface area contributed by atoms with Crippen LogP contribution in [0.25, 0.3) is 22.6 Å². The van der Waals surface area contributed by atoms with Crippen LogP contribution < -0.4 is 10.6 Å². The number of fused-ring (bicyclic) bond motifs is 1. The lowest BCUT2D eigenvalue weighted by atomic mass is 10.0. The lowest BCUT2D eigenvalue weighted by molar-refractivity contribution is -0.120. The maximum absolute atomic E-state index is 12.5. The molecule has 7 nitrogen and oxygen atoms in total. The van der Waals surface area contributed by atoms with Gasteiger partial charge in [0.2, 0.25) is 5.91 Å². The van der Waals surface area contributed by atoms with E-state index in [1.807, 2.05) is 43.3 Å². The van der Waals surface area contributed by atoms with Crippen LogP contribution in [0.2, 0.25) is 0 Å². The average molecular weight is 400 g/mol. The number of pyridine rings is 1. The number of carbonyl (C=O) groups excluding carboxylic acids is 2. The number of nitrogens with zero attached hydrogens (tertiary/aromatic N) is 2. The molecule has 0 aliphatic carbocycles. The second-order valence-corrected chi connectivity index (χ2v) is 6.98. The number of H-pyrrole nitrogens is 1. The standard InChI is InChI=1S/C20H21N5O2.ClH/c1-11-6-7-16-19(22-11)25-18(24-16)13-4-3-5-15(8-13)23-20(27)17-9-14(10-21-17)12(2)26;/h3-8,14,17,21H,9-10H2,1-2H3,(H,23,27)(H,22,24,25);1H. The van der Waals surface area contributed by atoms with Crippen molar-refractivity contribution in [1.29, 1.82) is 0 Å². The number of amides is 1. The number of aromatic nitrogens is 3. The van der Waals surface area contributed by atoms with Crippen molar-refractivity contribution >= 4 is 40.9 Å². The predicted octanol–water partition coefficient (Wildman–Crippen LogP) is 2.86. The quantitative estimate of drug-likeness (QED) is 0.626. The molecule has 1 saturated heterocycles. The number of anilines is 1. The Balaban J connectivity index is 0.00000225. The van der Waals surface area contributed by atoms with Crippen LogP contribution >= 0.6 is 12.4 Å². The fraction of sp³-hybridized carbons (Fsp3) is 0.300. The van der Waals surface area contributed by atoms with Crippen LogP contribution in [0, 0.1) is 12.8 Å². The Labute approximate surface area is 168 Å². The number of benzene rings is 1. The Morgan fingerprint density at radius 1 is 1.18 bits per heavy atom. The molecule has 8 heteroatoms. The second kappa shape index (κ2) is 8.08. The lowest BCUT2D eigenvalue weighted by Gasteiger charge is -2.12. The van der Waals surface area contributed by atoms with E-state index in [-0.39, 0.29) is 36.1 Å². The molecule has 3 aromatic rings. The van der Waals surface area contributed by atoms with Gasteiger partial charge in [-0.05, 0) is 44.5 Å². The van der Waals surface area contributed by atoms with Crippen LogP contribution in [-0.2, 0) is 9.59 Å². The summed E-state index contributed by atoms with van der Waals surface area (Å²) in [5, 5.41) is 6.04. The summed E-state index contributed by atoms with van der Waals surface area (Å²) in [6.45, 7) is 4.05.